The molecule has 0 spiro atoms. The van der Waals surface area contributed by atoms with Gasteiger partial charge in [0.2, 0.25) is 0 Å². The molecule has 1 saturated heterocycles. The zero-order valence-corrected chi connectivity index (χ0v) is 14.5. The average molecular weight is 312 g/mol. The SMILES string of the molecule is CCC(C)OC(Cc1ccc(C)cc1)N1CCCCC1.Cl. The van der Waals surface area contributed by atoms with Gasteiger partial charge in [-0.15, -0.1) is 12.4 Å². The van der Waals surface area contributed by atoms with Crippen LogP contribution in [-0.4, -0.2) is 30.3 Å². The van der Waals surface area contributed by atoms with Crippen molar-refractivity contribution < 1.29 is 4.74 Å². The van der Waals surface area contributed by atoms with E-state index in [1.165, 1.54) is 43.5 Å². The second kappa shape index (κ2) is 9.45. The number of benzene rings is 1. The van der Waals surface area contributed by atoms with Gasteiger partial charge >= 0.3 is 0 Å². The molecule has 2 unspecified atom stereocenters. The Hall–Kier alpha value is -0.570. The molecule has 2 nitrogen and oxygen atoms in total. The first-order valence-corrected chi connectivity index (χ1v) is 8.14. The number of likely N-dealkylation sites (tertiary alicyclic amines) is 1. The minimum atomic E-state index is 0. The topological polar surface area (TPSA) is 12.5 Å². The van der Waals surface area contributed by atoms with Crippen molar-refractivity contribution in [1.29, 1.82) is 0 Å². The molecule has 120 valence electrons. The van der Waals surface area contributed by atoms with Crippen LogP contribution in [-0.2, 0) is 11.2 Å². The molecule has 2 atom stereocenters. The van der Waals surface area contributed by atoms with Gasteiger partial charge < -0.3 is 4.74 Å². The highest BCUT2D eigenvalue weighted by Gasteiger charge is 2.23. The maximum atomic E-state index is 6.30. The molecular formula is C18H30ClNO. The van der Waals surface area contributed by atoms with Gasteiger partial charge in [0, 0.05) is 19.5 Å². The molecular weight excluding hydrogens is 282 g/mol. The van der Waals surface area contributed by atoms with Gasteiger partial charge in [-0.2, -0.15) is 0 Å². The second-order valence-corrected chi connectivity index (χ2v) is 6.10. The standard InChI is InChI=1S/C18H29NO.ClH/c1-4-16(3)20-18(19-12-6-5-7-13-19)14-17-10-8-15(2)9-11-17;/h8-11,16,18H,4-7,12-14H2,1-3H3;1H. The Morgan fingerprint density at radius 1 is 1.10 bits per heavy atom. The smallest absolute Gasteiger partial charge is 0.115 e. The van der Waals surface area contributed by atoms with E-state index in [0.29, 0.717) is 6.10 Å². The third-order valence-electron chi connectivity index (χ3n) is 4.29. The highest BCUT2D eigenvalue weighted by molar-refractivity contribution is 5.85. The monoisotopic (exact) mass is 311 g/mol. The van der Waals surface area contributed by atoms with Crippen LogP contribution in [0.5, 0.6) is 0 Å². The molecule has 1 aromatic rings. The minimum Gasteiger partial charge on any atom is -0.360 e. The van der Waals surface area contributed by atoms with E-state index in [1.54, 1.807) is 0 Å². The van der Waals surface area contributed by atoms with Crippen LogP contribution >= 0.6 is 12.4 Å². The van der Waals surface area contributed by atoms with Crippen LogP contribution in [0.25, 0.3) is 0 Å². The van der Waals surface area contributed by atoms with Crippen LogP contribution in [0, 0.1) is 6.92 Å². The van der Waals surface area contributed by atoms with Crippen LogP contribution in [0.2, 0.25) is 0 Å². The van der Waals surface area contributed by atoms with Crippen molar-refractivity contribution in [3.63, 3.8) is 0 Å². The van der Waals surface area contributed by atoms with Crippen molar-refractivity contribution in [1.82, 2.24) is 4.90 Å². The second-order valence-electron chi connectivity index (χ2n) is 6.10. The zero-order chi connectivity index (χ0) is 14.4. The molecule has 1 aliphatic heterocycles. The van der Waals surface area contributed by atoms with Crippen molar-refractivity contribution in [3.8, 4) is 0 Å². The van der Waals surface area contributed by atoms with Gasteiger partial charge in [-0.1, -0.05) is 43.2 Å². The van der Waals surface area contributed by atoms with Gasteiger partial charge in [0.15, 0.2) is 0 Å². The summed E-state index contributed by atoms with van der Waals surface area (Å²) >= 11 is 0. The predicted octanol–water partition coefficient (Wildman–Crippen LogP) is 4.59. The minimum absolute atomic E-state index is 0. The number of nitrogens with zero attached hydrogens (tertiary/aromatic N) is 1. The van der Waals surface area contributed by atoms with E-state index in [2.05, 4.69) is 49.9 Å². The number of hydrogen-bond acceptors (Lipinski definition) is 2. The summed E-state index contributed by atoms with van der Waals surface area (Å²) < 4.78 is 6.30. The third-order valence-corrected chi connectivity index (χ3v) is 4.29. The molecule has 1 aliphatic rings. The van der Waals surface area contributed by atoms with Gasteiger partial charge in [-0.25, -0.2) is 0 Å². The van der Waals surface area contributed by atoms with E-state index in [-0.39, 0.29) is 18.6 Å². The van der Waals surface area contributed by atoms with Gasteiger partial charge in [-0.05, 0) is 38.7 Å². The number of piperidine rings is 1. The van der Waals surface area contributed by atoms with Crippen molar-refractivity contribution >= 4 is 12.4 Å². The highest BCUT2D eigenvalue weighted by atomic mass is 35.5. The molecule has 0 N–H and O–H groups in total. The van der Waals surface area contributed by atoms with Crippen LogP contribution in [0.4, 0.5) is 0 Å². The summed E-state index contributed by atoms with van der Waals surface area (Å²) in [6.45, 7) is 8.90. The number of halogens is 1. The molecule has 0 aliphatic carbocycles. The number of hydrogen-bond donors (Lipinski definition) is 0. The molecule has 2 rings (SSSR count). The Morgan fingerprint density at radius 3 is 2.29 bits per heavy atom. The fraction of sp³-hybridized carbons (Fsp3) is 0.667. The lowest BCUT2D eigenvalue weighted by Crippen LogP contribution is -2.43. The normalized spacial score (nSPS) is 18.8. The van der Waals surface area contributed by atoms with E-state index in [4.69, 9.17) is 4.74 Å². The van der Waals surface area contributed by atoms with Gasteiger partial charge in [0.1, 0.15) is 6.23 Å². The molecule has 0 bridgehead atoms. The Bertz CT molecular complexity index is 387. The van der Waals surface area contributed by atoms with E-state index < -0.39 is 0 Å². The maximum absolute atomic E-state index is 6.30. The first kappa shape index (κ1) is 18.5. The molecule has 1 aromatic carbocycles. The first-order valence-electron chi connectivity index (χ1n) is 8.14. The summed E-state index contributed by atoms with van der Waals surface area (Å²) in [4.78, 5) is 2.54. The molecule has 0 amide bonds. The molecule has 1 fully saturated rings. The van der Waals surface area contributed by atoms with Crippen molar-refractivity contribution in [3.05, 3.63) is 35.4 Å². The summed E-state index contributed by atoms with van der Waals surface area (Å²) in [6.07, 6.45) is 6.67. The molecule has 1 heterocycles. The predicted molar refractivity (Wildman–Crippen MR) is 92.2 cm³/mol. The summed E-state index contributed by atoms with van der Waals surface area (Å²) in [5.74, 6) is 0. The van der Waals surface area contributed by atoms with Crippen molar-refractivity contribution in [2.75, 3.05) is 13.1 Å². The average Bonchev–Trinajstić information content (AvgIpc) is 2.49. The molecule has 0 aromatic heterocycles. The Morgan fingerprint density at radius 2 is 1.71 bits per heavy atom. The highest BCUT2D eigenvalue weighted by Crippen LogP contribution is 2.19. The largest absolute Gasteiger partial charge is 0.360 e. The van der Waals surface area contributed by atoms with E-state index >= 15 is 0 Å². The number of rotatable bonds is 6. The Labute approximate surface area is 136 Å². The summed E-state index contributed by atoms with van der Waals surface area (Å²) in [6, 6.07) is 8.89. The molecule has 0 radical (unpaired) electrons. The summed E-state index contributed by atoms with van der Waals surface area (Å²) in [7, 11) is 0. The van der Waals surface area contributed by atoms with E-state index in [1.807, 2.05) is 0 Å². The number of aryl methyl sites for hydroxylation is 1. The summed E-state index contributed by atoms with van der Waals surface area (Å²) in [5, 5.41) is 0. The van der Waals surface area contributed by atoms with Crippen molar-refractivity contribution in [2.24, 2.45) is 0 Å². The lowest BCUT2D eigenvalue weighted by Gasteiger charge is -2.36. The molecule has 3 heteroatoms. The lowest BCUT2D eigenvalue weighted by atomic mass is 10.1. The van der Waals surface area contributed by atoms with Crippen LogP contribution < -0.4 is 0 Å². The lowest BCUT2D eigenvalue weighted by molar-refractivity contribution is -0.0993. The van der Waals surface area contributed by atoms with E-state index in [0.717, 1.165) is 12.8 Å². The molecule has 21 heavy (non-hydrogen) atoms. The maximum Gasteiger partial charge on any atom is 0.115 e. The van der Waals surface area contributed by atoms with Crippen LogP contribution in [0.3, 0.4) is 0 Å². The van der Waals surface area contributed by atoms with Crippen LogP contribution in [0.15, 0.2) is 24.3 Å². The van der Waals surface area contributed by atoms with Gasteiger partial charge in [0.25, 0.3) is 0 Å². The fourth-order valence-electron chi connectivity index (χ4n) is 2.76. The molecule has 0 saturated carbocycles. The first-order chi connectivity index (χ1) is 9.69. The Kier molecular flexibility index (Phi) is 8.31. The Balaban J connectivity index is 0.00000220. The van der Waals surface area contributed by atoms with Gasteiger partial charge in [-0.3, -0.25) is 4.90 Å². The van der Waals surface area contributed by atoms with Crippen molar-refractivity contribution in [2.45, 2.75) is 65.2 Å². The third kappa shape index (κ3) is 5.98. The summed E-state index contributed by atoms with van der Waals surface area (Å²) in [5.41, 5.74) is 2.71. The van der Waals surface area contributed by atoms with Crippen LogP contribution in [0.1, 0.15) is 50.7 Å². The van der Waals surface area contributed by atoms with Gasteiger partial charge in [0.05, 0.1) is 6.10 Å². The number of ether oxygens (including phenoxy) is 1. The fourth-order valence-corrected chi connectivity index (χ4v) is 2.76. The zero-order valence-electron chi connectivity index (χ0n) is 13.7. The van der Waals surface area contributed by atoms with E-state index in [9.17, 15) is 0 Å². The quantitative estimate of drug-likeness (QED) is 0.762.